The molecule has 0 saturated carbocycles. The Hall–Kier alpha value is -2.37. The standard InChI is InChI=1S/C16H20N4O2/c1-10(2)15(22)18-16-17-14-8-4-7-13(20(14)19-16)11-5-3-6-12(21)9-11/h3,5-6,9-10,13,21H,4,7-8H2,1-2H3,(H,18,19,22). The van der Waals surface area contributed by atoms with Crippen LogP contribution in [0.1, 0.15) is 44.1 Å². The fourth-order valence-corrected chi connectivity index (χ4v) is 2.70. The summed E-state index contributed by atoms with van der Waals surface area (Å²) in [5.74, 6) is 1.29. The molecule has 1 atom stereocenters. The molecule has 116 valence electrons. The molecule has 6 nitrogen and oxygen atoms in total. The highest BCUT2D eigenvalue weighted by atomic mass is 16.3. The number of amides is 1. The van der Waals surface area contributed by atoms with Gasteiger partial charge in [0, 0.05) is 12.3 Å². The van der Waals surface area contributed by atoms with E-state index in [0.29, 0.717) is 5.95 Å². The molecule has 3 rings (SSSR count). The van der Waals surface area contributed by atoms with Crippen molar-refractivity contribution in [1.29, 1.82) is 0 Å². The fraction of sp³-hybridized carbons (Fsp3) is 0.438. The summed E-state index contributed by atoms with van der Waals surface area (Å²) in [4.78, 5) is 16.2. The van der Waals surface area contributed by atoms with Crippen LogP contribution in [0.2, 0.25) is 0 Å². The SMILES string of the molecule is CC(C)C(=O)Nc1nc2n(n1)C(c1cccc(O)c1)CCC2. The molecule has 0 fully saturated rings. The first-order valence-corrected chi connectivity index (χ1v) is 7.60. The van der Waals surface area contributed by atoms with Crippen molar-refractivity contribution in [2.45, 2.75) is 39.2 Å². The number of benzene rings is 1. The van der Waals surface area contributed by atoms with Crippen molar-refractivity contribution in [1.82, 2.24) is 14.8 Å². The number of carbonyl (C=O) groups excluding carboxylic acids is 1. The highest BCUT2D eigenvalue weighted by Gasteiger charge is 2.25. The molecule has 1 unspecified atom stereocenters. The van der Waals surface area contributed by atoms with Crippen molar-refractivity contribution in [3.8, 4) is 5.75 Å². The van der Waals surface area contributed by atoms with E-state index in [0.717, 1.165) is 30.7 Å². The molecular weight excluding hydrogens is 280 g/mol. The Morgan fingerprint density at radius 1 is 1.45 bits per heavy atom. The van der Waals surface area contributed by atoms with Gasteiger partial charge in [-0.15, -0.1) is 5.10 Å². The van der Waals surface area contributed by atoms with Gasteiger partial charge in [0.05, 0.1) is 6.04 Å². The lowest BCUT2D eigenvalue weighted by atomic mass is 9.98. The van der Waals surface area contributed by atoms with Gasteiger partial charge < -0.3 is 5.11 Å². The number of hydrogen-bond acceptors (Lipinski definition) is 4. The third-order valence-electron chi connectivity index (χ3n) is 3.89. The lowest BCUT2D eigenvalue weighted by Crippen LogP contribution is -2.21. The Bertz CT molecular complexity index is 693. The van der Waals surface area contributed by atoms with E-state index in [2.05, 4.69) is 15.4 Å². The number of hydrogen-bond donors (Lipinski definition) is 2. The minimum absolute atomic E-state index is 0.0491. The number of carbonyl (C=O) groups is 1. The molecule has 22 heavy (non-hydrogen) atoms. The number of fused-ring (bicyclic) bond motifs is 1. The third-order valence-corrected chi connectivity index (χ3v) is 3.89. The van der Waals surface area contributed by atoms with E-state index in [1.165, 1.54) is 0 Å². The second kappa shape index (κ2) is 5.79. The summed E-state index contributed by atoms with van der Waals surface area (Å²) in [5, 5.41) is 16.9. The van der Waals surface area contributed by atoms with Crippen molar-refractivity contribution < 1.29 is 9.90 Å². The van der Waals surface area contributed by atoms with E-state index in [-0.39, 0.29) is 23.6 Å². The van der Waals surface area contributed by atoms with Crippen LogP contribution in [0.15, 0.2) is 24.3 Å². The second-order valence-electron chi connectivity index (χ2n) is 5.94. The molecule has 2 aromatic rings. The largest absolute Gasteiger partial charge is 0.508 e. The van der Waals surface area contributed by atoms with E-state index >= 15 is 0 Å². The average Bonchev–Trinajstić information content (AvgIpc) is 2.89. The van der Waals surface area contributed by atoms with Crippen LogP contribution in [0, 0.1) is 5.92 Å². The van der Waals surface area contributed by atoms with E-state index < -0.39 is 0 Å². The van der Waals surface area contributed by atoms with Gasteiger partial charge in [-0.1, -0.05) is 26.0 Å². The predicted molar refractivity (Wildman–Crippen MR) is 82.7 cm³/mol. The molecule has 1 aliphatic heterocycles. The Morgan fingerprint density at radius 2 is 2.27 bits per heavy atom. The number of anilines is 1. The van der Waals surface area contributed by atoms with Crippen molar-refractivity contribution in [2.75, 3.05) is 5.32 Å². The van der Waals surface area contributed by atoms with Crippen molar-refractivity contribution >= 4 is 11.9 Å². The first kappa shape index (κ1) is 14.6. The maximum absolute atomic E-state index is 11.8. The average molecular weight is 300 g/mol. The molecule has 1 aliphatic rings. The molecule has 0 saturated heterocycles. The molecule has 0 spiro atoms. The maximum Gasteiger partial charge on any atom is 0.249 e. The summed E-state index contributed by atoms with van der Waals surface area (Å²) >= 11 is 0. The molecule has 1 aromatic heterocycles. The van der Waals surface area contributed by atoms with Crippen LogP contribution in [-0.4, -0.2) is 25.8 Å². The summed E-state index contributed by atoms with van der Waals surface area (Å²) in [6.45, 7) is 3.67. The summed E-state index contributed by atoms with van der Waals surface area (Å²) in [6, 6.07) is 7.27. The number of aromatic nitrogens is 3. The predicted octanol–water partition coefficient (Wildman–Crippen LogP) is 2.50. The number of aryl methyl sites for hydroxylation is 1. The molecular formula is C16H20N4O2. The molecule has 0 radical (unpaired) electrons. The zero-order chi connectivity index (χ0) is 15.7. The summed E-state index contributed by atoms with van der Waals surface area (Å²) in [5.41, 5.74) is 1.01. The van der Waals surface area contributed by atoms with Gasteiger partial charge in [-0.2, -0.15) is 4.98 Å². The van der Waals surface area contributed by atoms with Crippen molar-refractivity contribution in [3.05, 3.63) is 35.7 Å². The van der Waals surface area contributed by atoms with Crippen LogP contribution in [0.4, 0.5) is 5.95 Å². The van der Waals surface area contributed by atoms with Crippen molar-refractivity contribution in [2.24, 2.45) is 5.92 Å². The molecule has 1 aromatic carbocycles. The fourth-order valence-electron chi connectivity index (χ4n) is 2.70. The Morgan fingerprint density at radius 3 is 3.00 bits per heavy atom. The van der Waals surface area contributed by atoms with Gasteiger partial charge in [-0.25, -0.2) is 4.68 Å². The van der Waals surface area contributed by atoms with Crippen LogP contribution in [0.3, 0.4) is 0 Å². The number of nitrogens with one attached hydrogen (secondary N) is 1. The zero-order valence-corrected chi connectivity index (χ0v) is 12.8. The zero-order valence-electron chi connectivity index (χ0n) is 12.8. The van der Waals surface area contributed by atoms with E-state index in [4.69, 9.17) is 0 Å². The number of rotatable bonds is 3. The van der Waals surface area contributed by atoms with Crippen LogP contribution in [0.25, 0.3) is 0 Å². The second-order valence-corrected chi connectivity index (χ2v) is 5.94. The van der Waals surface area contributed by atoms with Crippen LogP contribution in [-0.2, 0) is 11.2 Å². The number of phenolic OH excluding ortho intramolecular Hbond substituents is 1. The van der Waals surface area contributed by atoms with Gasteiger partial charge in [0.25, 0.3) is 0 Å². The maximum atomic E-state index is 11.8. The molecule has 1 amide bonds. The number of aromatic hydroxyl groups is 1. The number of phenols is 1. The summed E-state index contributed by atoms with van der Waals surface area (Å²) in [7, 11) is 0. The van der Waals surface area contributed by atoms with Gasteiger partial charge in [0.1, 0.15) is 11.6 Å². The molecule has 0 aliphatic carbocycles. The quantitative estimate of drug-likeness (QED) is 0.912. The highest BCUT2D eigenvalue weighted by Crippen LogP contribution is 2.31. The smallest absolute Gasteiger partial charge is 0.249 e. The first-order valence-electron chi connectivity index (χ1n) is 7.60. The van der Waals surface area contributed by atoms with Gasteiger partial charge in [0.2, 0.25) is 11.9 Å². The normalized spacial score (nSPS) is 17.3. The van der Waals surface area contributed by atoms with Gasteiger partial charge >= 0.3 is 0 Å². The molecule has 2 heterocycles. The topological polar surface area (TPSA) is 80.0 Å². The van der Waals surface area contributed by atoms with Crippen LogP contribution in [0.5, 0.6) is 5.75 Å². The minimum atomic E-state index is -0.109. The molecule has 2 N–H and O–H groups in total. The van der Waals surface area contributed by atoms with E-state index in [1.54, 1.807) is 12.1 Å². The van der Waals surface area contributed by atoms with E-state index in [1.807, 2.05) is 30.7 Å². The number of nitrogens with zero attached hydrogens (tertiary/aromatic N) is 3. The Labute approximate surface area is 129 Å². The lowest BCUT2D eigenvalue weighted by Gasteiger charge is -2.23. The van der Waals surface area contributed by atoms with Gasteiger partial charge in [-0.05, 0) is 30.5 Å². The van der Waals surface area contributed by atoms with Crippen LogP contribution >= 0.6 is 0 Å². The first-order chi connectivity index (χ1) is 10.5. The Kier molecular flexibility index (Phi) is 3.83. The molecule has 0 bridgehead atoms. The van der Waals surface area contributed by atoms with Gasteiger partial charge in [0.15, 0.2) is 0 Å². The summed E-state index contributed by atoms with van der Waals surface area (Å²) in [6.07, 6.45) is 2.80. The van der Waals surface area contributed by atoms with Gasteiger partial charge in [-0.3, -0.25) is 10.1 Å². The molecule has 6 heteroatoms. The van der Waals surface area contributed by atoms with E-state index in [9.17, 15) is 9.90 Å². The Balaban J connectivity index is 1.90. The lowest BCUT2D eigenvalue weighted by molar-refractivity contribution is -0.118. The van der Waals surface area contributed by atoms with Crippen LogP contribution < -0.4 is 5.32 Å². The summed E-state index contributed by atoms with van der Waals surface area (Å²) < 4.78 is 1.87. The monoisotopic (exact) mass is 300 g/mol. The van der Waals surface area contributed by atoms with Crippen molar-refractivity contribution in [3.63, 3.8) is 0 Å². The third kappa shape index (κ3) is 2.81. The highest BCUT2D eigenvalue weighted by molar-refractivity contribution is 5.90. The minimum Gasteiger partial charge on any atom is -0.508 e.